The van der Waals surface area contributed by atoms with Gasteiger partial charge < -0.3 is 9.51 Å². The Bertz CT molecular complexity index is 652. The molecule has 3 rings (SSSR count). The highest BCUT2D eigenvalue weighted by atomic mass is 16.2. The molecule has 4 heteroatoms. The van der Waals surface area contributed by atoms with Gasteiger partial charge in [0.15, 0.2) is 0 Å². The van der Waals surface area contributed by atoms with Crippen molar-refractivity contribution in [2.24, 2.45) is 0 Å². The van der Waals surface area contributed by atoms with Gasteiger partial charge >= 0.3 is 0 Å². The quantitative estimate of drug-likeness (QED) is 0.795. The van der Waals surface area contributed by atoms with Gasteiger partial charge in [0.1, 0.15) is 6.07 Å². The van der Waals surface area contributed by atoms with Crippen LogP contribution in [0.15, 0.2) is 30.6 Å². The van der Waals surface area contributed by atoms with Gasteiger partial charge in [0.25, 0.3) is 0 Å². The summed E-state index contributed by atoms with van der Waals surface area (Å²) in [5.41, 5.74) is 2.89. The van der Waals surface area contributed by atoms with E-state index in [1.165, 1.54) is 12.8 Å². The molecule has 21 heavy (non-hydrogen) atoms. The number of hydrogen-bond donors (Lipinski definition) is 1. The Labute approximate surface area is 125 Å². The molecule has 1 aliphatic rings. The lowest BCUT2D eigenvalue weighted by atomic mass is 10.1. The molecule has 0 bridgehead atoms. The standard InChI is InChI=1S/C17H21N3O/c18-11-16-14(13-20-9-2-1-5-17(16)20)12-19(15-6-7-15)8-3-4-10-21/h1-2,5,9,13,15,21H,3-4,6-8,10,12H2. The first-order chi connectivity index (χ1) is 10.3. The van der Waals surface area contributed by atoms with Crippen molar-refractivity contribution in [2.45, 2.75) is 38.3 Å². The van der Waals surface area contributed by atoms with Crippen LogP contribution in [0.1, 0.15) is 36.8 Å². The minimum absolute atomic E-state index is 0.262. The Morgan fingerprint density at radius 2 is 2.19 bits per heavy atom. The van der Waals surface area contributed by atoms with E-state index in [0.717, 1.165) is 42.6 Å². The van der Waals surface area contributed by atoms with E-state index in [9.17, 15) is 5.26 Å². The fourth-order valence-electron chi connectivity index (χ4n) is 2.90. The average molecular weight is 283 g/mol. The predicted octanol–water partition coefficient (Wildman–Crippen LogP) is 2.55. The molecular formula is C17H21N3O. The van der Waals surface area contributed by atoms with Gasteiger partial charge in [-0.3, -0.25) is 4.90 Å². The van der Waals surface area contributed by atoms with Crippen LogP contribution in [0.25, 0.3) is 5.52 Å². The first kappa shape index (κ1) is 14.1. The van der Waals surface area contributed by atoms with Gasteiger partial charge in [-0.2, -0.15) is 5.26 Å². The van der Waals surface area contributed by atoms with Crippen LogP contribution >= 0.6 is 0 Å². The second kappa shape index (κ2) is 6.30. The van der Waals surface area contributed by atoms with Gasteiger partial charge in [0, 0.05) is 37.2 Å². The summed E-state index contributed by atoms with van der Waals surface area (Å²) in [5.74, 6) is 0. The van der Waals surface area contributed by atoms with E-state index in [2.05, 4.69) is 17.2 Å². The number of aliphatic hydroxyl groups excluding tert-OH is 1. The predicted molar refractivity (Wildman–Crippen MR) is 81.9 cm³/mol. The van der Waals surface area contributed by atoms with Crippen molar-refractivity contribution >= 4 is 5.52 Å². The Kier molecular flexibility index (Phi) is 4.23. The molecule has 0 aromatic carbocycles. The van der Waals surface area contributed by atoms with E-state index in [0.29, 0.717) is 6.04 Å². The van der Waals surface area contributed by atoms with Crippen molar-refractivity contribution in [1.29, 1.82) is 5.26 Å². The summed E-state index contributed by atoms with van der Waals surface area (Å²) in [7, 11) is 0. The lowest BCUT2D eigenvalue weighted by Crippen LogP contribution is -2.27. The number of unbranched alkanes of at least 4 members (excludes halogenated alkanes) is 1. The summed E-state index contributed by atoms with van der Waals surface area (Å²) in [4.78, 5) is 2.46. The maximum absolute atomic E-state index is 9.47. The molecule has 1 fully saturated rings. The topological polar surface area (TPSA) is 51.7 Å². The smallest absolute Gasteiger partial charge is 0.102 e. The molecule has 0 saturated heterocycles. The lowest BCUT2D eigenvalue weighted by Gasteiger charge is -2.21. The normalized spacial score (nSPS) is 14.7. The number of nitrogens with zero attached hydrogens (tertiary/aromatic N) is 3. The van der Waals surface area contributed by atoms with Crippen LogP contribution in [0.2, 0.25) is 0 Å². The van der Waals surface area contributed by atoms with Crippen molar-refractivity contribution in [1.82, 2.24) is 9.30 Å². The molecule has 0 aliphatic heterocycles. The number of nitriles is 1. The summed E-state index contributed by atoms with van der Waals surface area (Å²) in [6.07, 6.45) is 8.46. The molecule has 4 nitrogen and oxygen atoms in total. The van der Waals surface area contributed by atoms with Crippen molar-refractivity contribution in [3.05, 3.63) is 41.7 Å². The van der Waals surface area contributed by atoms with Crippen LogP contribution in [-0.2, 0) is 6.54 Å². The third-order valence-electron chi connectivity index (χ3n) is 4.16. The summed E-state index contributed by atoms with van der Waals surface area (Å²) >= 11 is 0. The van der Waals surface area contributed by atoms with Crippen LogP contribution < -0.4 is 0 Å². The Hall–Kier alpha value is -1.83. The fraction of sp³-hybridized carbons (Fsp3) is 0.471. The second-order valence-electron chi connectivity index (χ2n) is 5.77. The first-order valence-electron chi connectivity index (χ1n) is 7.67. The summed E-state index contributed by atoms with van der Waals surface area (Å²) in [6, 6.07) is 8.98. The number of aromatic nitrogens is 1. The van der Waals surface area contributed by atoms with E-state index in [1.54, 1.807) is 0 Å². The number of pyridine rings is 1. The van der Waals surface area contributed by atoms with E-state index < -0.39 is 0 Å². The maximum Gasteiger partial charge on any atom is 0.102 e. The third-order valence-corrected chi connectivity index (χ3v) is 4.16. The van der Waals surface area contributed by atoms with Gasteiger partial charge in [-0.15, -0.1) is 0 Å². The highest BCUT2D eigenvalue weighted by Gasteiger charge is 2.29. The Morgan fingerprint density at radius 1 is 1.33 bits per heavy atom. The van der Waals surface area contributed by atoms with Crippen LogP contribution in [-0.4, -0.2) is 33.6 Å². The molecule has 1 aliphatic carbocycles. The van der Waals surface area contributed by atoms with Crippen LogP contribution in [0, 0.1) is 11.3 Å². The molecule has 2 heterocycles. The zero-order valence-electron chi connectivity index (χ0n) is 12.2. The van der Waals surface area contributed by atoms with Crippen molar-refractivity contribution in [3.63, 3.8) is 0 Å². The molecule has 0 radical (unpaired) electrons. The van der Waals surface area contributed by atoms with Gasteiger partial charge in [0.05, 0.1) is 11.1 Å². The highest BCUT2D eigenvalue weighted by Crippen LogP contribution is 2.30. The minimum atomic E-state index is 0.262. The number of fused-ring (bicyclic) bond motifs is 1. The van der Waals surface area contributed by atoms with Gasteiger partial charge in [-0.25, -0.2) is 0 Å². The Balaban J connectivity index is 1.80. The molecule has 1 N–H and O–H groups in total. The molecule has 1 saturated carbocycles. The van der Waals surface area contributed by atoms with Crippen molar-refractivity contribution < 1.29 is 5.11 Å². The number of rotatable bonds is 7. The lowest BCUT2D eigenvalue weighted by molar-refractivity contribution is 0.228. The molecule has 0 spiro atoms. The monoisotopic (exact) mass is 283 g/mol. The van der Waals surface area contributed by atoms with Crippen LogP contribution in [0.5, 0.6) is 0 Å². The summed E-state index contributed by atoms with van der Waals surface area (Å²) < 4.78 is 2.03. The molecule has 0 atom stereocenters. The Morgan fingerprint density at radius 3 is 2.90 bits per heavy atom. The first-order valence-corrected chi connectivity index (χ1v) is 7.67. The highest BCUT2D eigenvalue weighted by molar-refractivity contribution is 5.65. The van der Waals surface area contributed by atoms with Gasteiger partial charge in [-0.05, 0) is 44.4 Å². The third kappa shape index (κ3) is 3.10. The minimum Gasteiger partial charge on any atom is -0.396 e. The zero-order valence-corrected chi connectivity index (χ0v) is 12.2. The maximum atomic E-state index is 9.47. The molecule has 0 unspecified atom stereocenters. The van der Waals surface area contributed by atoms with Gasteiger partial charge in [-0.1, -0.05) is 6.07 Å². The van der Waals surface area contributed by atoms with E-state index in [1.807, 2.05) is 28.8 Å². The van der Waals surface area contributed by atoms with E-state index in [4.69, 9.17) is 5.11 Å². The molecule has 0 amide bonds. The van der Waals surface area contributed by atoms with Crippen LogP contribution in [0.4, 0.5) is 0 Å². The number of aliphatic hydroxyl groups is 1. The molecule has 2 aromatic rings. The molecular weight excluding hydrogens is 262 g/mol. The van der Waals surface area contributed by atoms with Crippen LogP contribution in [0.3, 0.4) is 0 Å². The number of hydrogen-bond acceptors (Lipinski definition) is 3. The average Bonchev–Trinajstić information content (AvgIpc) is 3.28. The van der Waals surface area contributed by atoms with E-state index in [-0.39, 0.29) is 6.61 Å². The second-order valence-corrected chi connectivity index (χ2v) is 5.77. The summed E-state index contributed by atoms with van der Waals surface area (Å²) in [5, 5.41) is 18.4. The summed E-state index contributed by atoms with van der Waals surface area (Å²) in [6.45, 7) is 2.10. The van der Waals surface area contributed by atoms with Crippen molar-refractivity contribution in [2.75, 3.05) is 13.2 Å². The zero-order chi connectivity index (χ0) is 14.7. The van der Waals surface area contributed by atoms with Gasteiger partial charge in [0.2, 0.25) is 0 Å². The SMILES string of the molecule is N#Cc1c(CN(CCCCO)C2CC2)cn2ccccc12. The largest absolute Gasteiger partial charge is 0.396 e. The molecule has 110 valence electrons. The fourth-order valence-corrected chi connectivity index (χ4v) is 2.90. The van der Waals surface area contributed by atoms with Crippen molar-refractivity contribution in [3.8, 4) is 6.07 Å². The molecule has 2 aromatic heterocycles. The van der Waals surface area contributed by atoms with E-state index >= 15 is 0 Å².